The van der Waals surface area contributed by atoms with Gasteiger partial charge in [0, 0.05) is 0 Å². The van der Waals surface area contributed by atoms with E-state index in [1.807, 2.05) is 6.08 Å². The summed E-state index contributed by atoms with van der Waals surface area (Å²) in [4.78, 5) is 0. The SMILES string of the molecule is C=C[C](C)CCCC(C)CCCC(C)CCCC(C)C. The van der Waals surface area contributed by atoms with Gasteiger partial charge in [-0.2, -0.15) is 0 Å². The van der Waals surface area contributed by atoms with Crippen molar-refractivity contribution < 1.29 is 0 Å². The van der Waals surface area contributed by atoms with E-state index in [1.165, 1.54) is 63.7 Å². The maximum Gasteiger partial charge on any atom is -0.00610 e. The van der Waals surface area contributed by atoms with Crippen LogP contribution in [0.5, 0.6) is 0 Å². The molecule has 0 heteroatoms. The second-order valence-corrected chi connectivity index (χ2v) is 7.41. The molecule has 0 heterocycles. The summed E-state index contributed by atoms with van der Waals surface area (Å²) in [6.45, 7) is 15.5. The molecular weight excluding hydrogens is 240 g/mol. The summed E-state index contributed by atoms with van der Waals surface area (Å²) in [7, 11) is 0. The van der Waals surface area contributed by atoms with Gasteiger partial charge in [-0.15, -0.1) is 6.58 Å². The average molecular weight is 280 g/mol. The van der Waals surface area contributed by atoms with Crippen LogP contribution in [0.4, 0.5) is 0 Å². The van der Waals surface area contributed by atoms with Crippen LogP contribution in [0.25, 0.3) is 0 Å². The highest BCUT2D eigenvalue weighted by Gasteiger charge is 2.07. The molecule has 0 fully saturated rings. The standard InChI is InChI=1S/C20H39/c1-7-18(4)12-9-14-20(6)16-10-15-19(5)13-8-11-17(2)3/h7,17,19-20H,1,8-16H2,2-6H3. The van der Waals surface area contributed by atoms with Crippen molar-refractivity contribution in [3.05, 3.63) is 18.6 Å². The molecule has 2 unspecified atom stereocenters. The topological polar surface area (TPSA) is 0 Å². The van der Waals surface area contributed by atoms with Crippen LogP contribution in [0.3, 0.4) is 0 Å². The monoisotopic (exact) mass is 279 g/mol. The van der Waals surface area contributed by atoms with Crippen molar-refractivity contribution in [1.82, 2.24) is 0 Å². The van der Waals surface area contributed by atoms with E-state index in [2.05, 4.69) is 41.2 Å². The third-order valence-corrected chi connectivity index (χ3v) is 4.49. The Morgan fingerprint density at radius 1 is 0.800 bits per heavy atom. The summed E-state index contributed by atoms with van der Waals surface area (Å²) >= 11 is 0. The zero-order valence-corrected chi connectivity index (χ0v) is 14.9. The van der Waals surface area contributed by atoms with E-state index in [0.29, 0.717) is 0 Å². The van der Waals surface area contributed by atoms with Crippen molar-refractivity contribution >= 4 is 0 Å². The highest BCUT2D eigenvalue weighted by molar-refractivity contribution is 5.01. The Balaban J connectivity index is 3.45. The minimum absolute atomic E-state index is 0.873. The van der Waals surface area contributed by atoms with Gasteiger partial charge in [-0.3, -0.25) is 0 Å². The van der Waals surface area contributed by atoms with Crippen molar-refractivity contribution in [3.63, 3.8) is 0 Å². The smallest absolute Gasteiger partial charge is 0.00610 e. The Kier molecular flexibility index (Phi) is 12.3. The highest BCUT2D eigenvalue weighted by atomic mass is 14.1. The molecule has 0 N–H and O–H groups in total. The Morgan fingerprint density at radius 3 is 1.70 bits per heavy atom. The molecular formula is C20H39. The summed E-state index contributed by atoms with van der Waals surface area (Å²) in [6.07, 6.45) is 14.5. The molecule has 0 aromatic rings. The molecule has 0 amide bonds. The van der Waals surface area contributed by atoms with Crippen molar-refractivity contribution in [2.75, 3.05) is 0 Å². The second-order valence-electron chi connectivity index (χ2n) is 7.41. The summed E-state index contributed by atoms with van der Waals surface area (Å²) in [6, 6.07) is 0. The molecule has 0 rings (SSSR count). The maximum atomic E-state index is 3.83. The van der Waals surface area contributed by atoms with Crippen LogP contribution in [0.15, 0.2) is 12.7 Å². The highest BCUT2D eigenvalue weighted by Crippen LogP contribution is 2.22. The first-order valence-electron chi connectivity index (χ1n) is 8.90. The van der Waals surface area contributed by atoms with Gasteiger partial charge in [0.05, 0.1) is 0 Å². The molecule has 0 saturated heterocycles. The summed E-state index contributed by atoms with van der Waals surface area (Å²) in [5, 5.41) is 0. The van der Waals surface area contributed by atoms with Gasteiger partial charge in [-0.05, 0) is 30.1 Å². The largest absolute Gasteiger partial charge is 0.103 e. The lowest BCUT2D eigenvalue weighted by Gasteiger charge is -2.15. The van der Waals surface area contributed by atoms with Crippen LogP contribution in [0.2, 0.25) is 0 Å². The Hall–Kier alpha value is -0.260. The van der Waals surface area contributed by atoms with E-state index in [4.69, 9.17) is 0 Å². The van der Waals surface area contributed by atoms with Crippen LogP contribution in [-0.4, -0.2) is 0 Å². The Morgan fingerprint density at radius 2 is 1.25 bits per heavy atom. The van der Waals surface area contributed by atoms with Gasteiger partial charge in [0.25, 0.3) is 0 Å². The zero-order valence-electron chi connectivity index (χ0n) is 14.9. The number of hydrogen-bond acceptors (Lipinski definition) is 0. The lowest BCUT2D eigenvalue weighted by atomic mass is 9.91. The molecule has 20 heavy (non-hydrogen) atoms. The van der Waals surface area contributed by atoms with Crippen LogP contribution >= 0.6 is 0 Å². The predicted molar refractivity (Wildman–Crippen MR) is 93.8 cm³/mol. The van der Waals surface area contributed by atoms with Crippen LogP contribution in [-0.2, 0) is 0 Å². The van der Waals surface area contributed by atoms with Crippen LogP contribution in [0, 0.1) is 23.7 Å². The fraction of sp³-hybridized carbons (Fsp3) is 0.850. The van der Waals surface area contributed by atoms with E-state index < -0.39 is 0 Å². The first-order chi connectivity index (χ1) is 9.45. The molecule has 2 atom stereocenters. The van der Waals surface area contributed by atoms with Crippen molar-refractivity contribution in [2.24, 2.45) is 17.8 Å². The number of hydrogen-bond donors (Lipinski definition) is 0. The van der Waals surface area contributed by atoms with Gasteiger partial charge < -0.3 is 0 Å². The number of rotatable bonds is 13. The third-order valence-electron chi connectivity index (χ3n) is 4.49. The number of allylic oxidation sites excluding steroid dienone is 1. The van der Waals surface area contributed by atoms with Gasteiger partial charge >= 0.3 is 0 Å². The van der Waals surface area contributed by atoms with E-state index >= 15 is 0 Å². The Bertz CT molecular complexity index is 216. The van der Waals surface area contributed by atoms with Crippen molar-refractivity contribution in [3.8, 4) is 0 Å². The first-order valence-corrected chi connectivity index (χ1v) is 8.90. The maximum absolute atomic E-state index is 3.83. The summed E-state index contributed by atoms with van der Waals surface area (Å²) in [5.74, 6) is 4.14. The quantitative estimate of drug-likeness (QED) is 0.334. The molecule has 0 aliphatic heterocycles. The lowest BCUT2D eigenvalue weighted by molar-refractivity contribution is 0.388. The van der Waals surface area contributed by atoms with Crippen LogP contribution in [0.1, 0.15) is 92.4 Å². The lowest BCUT2D eigenvalue weighted by Crippen LogP contribution is -2.00. The van der Waals surface area contributed by atoms with Gasteiger partial charge in [-0.25, -0.2) is 0 Å². The molecule has 0 saturated carbocycles. The molecule has 0 bridgehead atoms. The zero-order chi connectivity index (χ0) is 15.4. The van der Waals surface area contributed by atoms with Crippen molar-refractivity contribution in [2.45, 2.75) is 92.4 Å². The third kappa shape index (κ3) is 12.8. The van der Waals surface area contributed by atoms with Gasteiger partial charge in [0.15, 0.2) is 0 Å². The minimum Gasteiger partial charge on any atom is -0.103 e. The van der Waals surface area contributed by atoms with Crippen molar-refractivity contribution in [1.29, 1.82) is 0 Å². The molecule has 0 aromatic heterocycles. The normalized spacial score (nSPS) is 14.8. The van der Waals surface area contributed by atoms with E-state index in [1.54, 1.807) is 0 Å². The van der Waals surface area contributed by atoms with E-state index in [-0.39, 0.29) is 0 Å². The predicted octanol–water partition coefficient (Wildman–Crippen LogP) is 7.21. The molecule has 0 aliphatic rings. The van der Waals surface area contributed by atoms with Gasteiger partial charge in [0.2, 0.25) is 0 Å². The summed E-state index contributed by atoms with van der Waals surface area (Å²) < 4.78 is 0. The summed E-state index contributed by atoms with van der Waals surface area (Å²) in [5.41, 5.74) is 0. The molecule has 0 nitrogen and oxygen atoms in total. The molecule has 0 aliphatic carbocycles. The van der Waals surface area contributed by atoms with E-state index in [9.17, 15) is 0 Å². The molecule has 1 radical (unpaired) electrons. The molecule has 0 aromatic carbocycles. The van der Waals surface area contributed by atoms with Gasteiger partial charge in [0.1, 0.15) is 0 Å². The minimum atomic E-state index is 0.873. The fourth-order valence-electron chi connectivity index (χ4n) is 2.81. The molecule has 119 valence electrons. The van der Waals surface area contributed by atoms with Crippen LogP contribution < -0.4 is 0 Å². The molecule has 0 spiro atoms. The second kappa shape index (κ2) is 12.5. The Labute approximate surface area is 129 Å². The van der Waals surface area contributed by atoms with E-state index in [0.717, 1.165) is 17.8 Å². The average Bonchev–Trinajstić information content (AvgIpc) is 2.38. The first kappa shape index (κ1) is 19.7. The fourth-order valence-corrected chi connectivity index (χ4v) is 2.81. The van der Waals surface area contributed by atoms with Gasteiger partial charge in [-0.1, -0.05) is 92.1 Å².